The maximum atomic E-state index is 13.3. The number of ether oxygens (including phenoxy) is 2. The van der Waals surface area contributed by atoms with Crippen molar-refractivity contribution >= 4 is 27.6 Å². The van der Waals surface area contributed by atoms with Crippen LogP contribution in [0.1, 0.15) is 36.8 Å². The van der Waals surface area contributed by atoms with Crippen molar-refractivity contribution in [3.63, 3.8) is 0 Å². The molecule has 0 radical (unpaired) electrons. The van der Waals surface area contributed by atoms with Gasteiger partial charge in [-0.1, -0.05) is 35.9 Å². The Morgan fingerprint density at radius 1 is 1.22 bits per heavy atom. The number of hydroxylamine groups is 1. The van der Waals surface area contributed by atoms with E-state index in [1.54, 1.807) is 5.48 Å². The van der Waals surface area contributed by atoms with Gasteiger partial charge in [0.05, 0.1) is 24.4 Å². The number of amides is 2. The van der Waals surface area contributed by atoms with Crippen molar-refractivity contribution in [1.82, 2.24) is 14.7 Å². The number of aryl methyl sites for hydroxylation is 1. The zero-order valence-corrected chi connectivity index (χ0v) is 21.8. The first kappa shape index (κ1) is 28.6. The predicted octanol–water partition coefficient (Wildman–Crippen LogP) is 2.07. The summed E-state index contributed by atoms with van der Waals surface area (Å²) in [6, 6.07) is 8.12. The maximum Gasteiger partial charge on any atom is 0.410 e. The Bertz CT molecular complexity index is 1100. The van der Waals surface area contributed by atoms with Crippen LogP contribution in [0.2, 0.25) is 0 Å². The Kier molecular flexibility index (Phi) is 9.67. The van der Waals surface area contributed by atoms with E-state index in [1.165, 1.54) is 9.21 Å². The molecule has 2 N–H and O–H groups in total. The highest BCUT2D eigenvalue weighted by Crippen LogP contribution is 2.35. The van der Waals surface area contributed by atoms with Gasteiger partial charge in [-0.25, -0.2) is 24.0 Å². The van der Waals surface area contributed by atoms with Gasteiger partial charge in [0.25, 0.3) is 5.91 Å². The summed E-state index contributed by atoms with van der Waals surface area (Å²) >= 11 is 0. The molecule has 1 aromatic carbocycles. The van der Waals surface area contributed by atoms with Crippen molar-refractivity contribution in [2.75, 3.05) is 45.1 Å². The smallest absolute Gasteiger partial charge is 0.410 e. The van der Waals surface area contributed by atoms with Crippen LogP contribution in [0.4, 0.5) is 4.79 Å². The molecule has 202 valence electrons. The third-order valence-electron chi connectivity index (χ3n) is 7.16. The van der Waals surface area contributed by atoms with Gasteiger partial charge in [-0.05, 0) is 37.3 Å². The molecule has 3 aliphatic rings. The fourth-order valence-electron chi connectivity index (χ4n) is 4.87. The van der Waals surface area contributed by atoms with E-state index in [0.717, 1.165) is 16.7 Å². The number of carbonyl (C=O) groups is 2. The minimum atomic E-state index is -3.80. The first-order valence-electron chi connectivity index (χ1n) is 12.2. The Balaban J connectivity index is 0.00000186. The lowest BCUT2D eigenvalue weighted by Crippen LogP contribution is -2.54. The highest BCUT2D eigenvalue weighted by atomic mass is 32.2. The van der Waals surface area contributed by atoms with Gasteiger partial charge in [0.2, 0.25) is 10.0 Å². The fraction of sp³-hybridized carbons (Fsp3) is 0.560. The minimum Gasteiger partial charge on any atom is -0.444 e. The standard InChI is InChI=1S/C24H33N3O7S.CHN/c1-18-2-4-19(5-3-18)20-6-11-27(12-7-20)35(31,32)17-24(22(28)25-30)9-13-26(14-10-24)23(29)34-21-8-15-33-16-21;1-2/h2-6,21,30H,7-17H2,1H3,(H,25,28);1H/t21-;/m0./s1. The Hall–Kier alpha value is -2.98. The Labute approximate surface area is 217 Å². The number of hydrogen-bond donors (Lipinski definition) is 2. The third-order valence-corrected chi connectivity index (χ3v) is 9.20. The van der Waals surface area contributed by atoms with Crippen molar-refractivity contribution in [1.29, 1.82) is 5.26 Å². The first-order valence-corrected chi connectivity index (χ1v) is 13.8. The second kappa shape index (κ2) is 12.5. The van der Waals surface area contributed by atoms with E-state index in [9.17, 15) is 23.2 Å². The zero-order valence-electron chi connectivity index (χ0n) is 21.0. The average Bonchev–Trinajstić information content (AvgIpc) is 3.43. The van der Waals surface area contributed by atoms with Crippen molar-refractivity contribution in [2.24, 2.45) is 5.41 Å². The number of sulfonamides is 1. The van der Waals surface area contributed by atoms with E-state index in [1.807, 2.05) is 37.3 Å². The number of carbonyl (C=O) groups excluding carboxylic acids is 2. The Morgan fingerprint density at radius 2 is 1.89 bits per heavy atom. The molecule has 0 bridgehead atoms. The molecule has 11 nitrogen and oxygen atoms in total. The van der Waals surface area contributed by atoms with Gasteiger partial charge in [-0.2, -0.15) is 4.31 Å². The normalized spacial score (nSPS) is 21.8. The zero-order chi connectivity index (χ0) is 27.1. The maximum absolute atomic E-state index is 13.3. The van der Waals surface area contributed by atoms with Crippen molar-refractivity contribution < 1.29 is 32.7 Å². The van der Waals surface area contributed by atoms with E-state index in [4.69, 9.17) is 14.7 Å². The number of piperidine rings is 1. The lowest BCUT2D eigenvalue weighted by atomic mass is 9.79. The first-order chi connectivity index (χ1) is 17.7. The molecule has 12 heteroatoms. The van der Waals surface area contributed by atoms with Crippen LogP contribution in [0.3, 0.4) is 0 Å². The monoisotopic (exact) mass is 534 g/mol. The van der Waals surface area contributed by atoms with Crippen molar-refractivity contribution in [2.45, 2.75) is 38.7 Å². The van der Waals surface area contributed by atoms with Gasteiger partial charge in [0, 0.05) is 39.2 Å². The molecule has 0 aliphatic carbocycles. The summed E-state index contributed by atoms with van der Waals surface area (Å²) in [7, 11) is -3.80. The van der Waals surface area contributed by atoms with Crippen LogP contribution < -0.4 is 5.48 Å². The summed E-state index contributed by atoms with van der Waals surface area (Å²) in [5, 5.41) is 15.9. The van der Waals surface area contributed by atoms with Crippen molar-refractivity contribution in [3.8, 4) is 6.57 Å². The summed E-state index contributed by atoms with van der Waals surface area (Å²) in [5.41, 5.74) is 3.65. The molecule has 2 fully saturated rings. The highest BCUT2D eigenvalue weighted by molar-refractivity contribution is 7.89. The molecule has 3 aliphatic heterocycles. The van der Waals surface area contributed by atoms with Gasteiger partial charge < -0.3 is 14.4 Å². The third kappa shape index (κ3) is 6.87. The molecule has 0 aromatic heterocycles. The van der Waals surface area contributed by atoms with Crippen LogP contribution in [0.15, 0.2) is 30.3 Å². The molecule has 2 saturated heterocycles. The van der Waals surface area contributed by atoms with Crippen LogP contribution in [-0.4, -0.2) is 86.1 Å². The number of nitriles is 1. The van der Waals surface area contributed by atoms with Crippen LogP contribution in [0, 0.1) is 24.2 Å². The number of rotatable bonds is 6. The largest absolute Gasteiger partial charge is 0.444 e. The van der Waals surface area contributed by atoms with E-state index >= 15 is 0 Å². The number of benzene rings is 1. The van der Waals surface area contributed by atoms with Crippen LogP contribution in [0.25, 0.3) is 5.57 Å². The lowest BCUT2D eigenvalue weighted by molar-refractivity contribution is -0.141. The topological polar surface area (TPSA) is 149 Å². The molecule has 37 heavy (non-hydrogen) atoms. The summed E-state index contributed by atoms with van der Waals surface area (Å²) in [5.74, 6) is -1.18. The molecular formula is C25H34N4O7S. The number of hydrogen-bond acceptors (Lipinski definition) is 8. The van der Waals surface area contributed by atoms with Gasteiger partial charge >= 0.3 is 6.09 Å². The number of nitrogens with zero attached hydrogens (tertiary/aromatic N) is 3. The van der Waals surface area contributed by atoms with Crippen LogP contribution in [0.5, 0.6) is 0 Å². The molecule has 0 unspecified atom stereocenters. The SMILES string of the molecule is C#N.Cc1ccc(C2=CCN(S(=O)(=O)CC3(C(=O)NO)CCN(C(=O)O[C@H]4CCOC4)CC3)CC2)cc1. The molecule has 2 amide bonds. The summed E-state index contributed by atoms with van der Waals surface area (Å²) < 4.78 is 38.7. The molecule has 3 heterocycles. The van der Waals surface area contributed by atoms with Gasteiger partial charge in [-0.3, -0.25) is 10.0 Å². The van der Waals surface area contributed by atoms with Crippen LogP contribution in [-0.2, 0) is 24.3 Å². The van der Waals surface area contributed by atoms with E-state index in [-0.39, 0.29) is 38.6 Å². The van der Waals surface area contributed by atoms with E-state index < -0.39 is 33.2 Å². The highest BCUT2D eigenvalue weighted by Gasteiger charge is 2.47. The average molecular weight is 535 g/mol. The molecule has 0 saturated carbocycles. The fourth-order valence-corrected chi connectivity index (χ4v) is 6.84. The van der Waals surface area contributed by atoms with Gasteiger partial charge in [0.1, 0.15) is 6.10 Å². The predicted molar refractivity (Wildman–Crippen MR) is 135 cm³/mol. The summed E-state index contributed by atoms with van der Waals surface area (Å²) in [6.07, 6.45) is 2.56. The van der Waals surface area contributed by atoms with E-state index in [0.29, 0.717) is 32.6 Å². The van der Waals surface area contributed by atoms with E-state index in [2.05, 4.69) is 6.57 Å². The quantitative estimate of drug-likeness (QED) is 0.416. The Morgan fingerprint density at radius 3 is 2.43 bits per heavy atom. The number of likely N-dealkylation sites (tertiary alicyclic amines) is 1. The minimum absolute atomic E-state index is 0.104. The second-order valence-corrected chi connectivity index (χ2v) is 11.5. The number of nitrogens with one attached hydrogen (secondary N) is 1. The molecule has 4 rings (SSSR count). The van der Waals surface area contributed by atoms with Crippen LogP contribution >= 0.6 is 0 Å². The molecule has 0 spiro atoms. The summed E-state index contributed by atoms with van der Waals surface area (Å²) in [4.78, 5) is 26.6. The molecular weight excluding hydrogens is 500 g/mol. The van der Waals surface area contributed by atoms with Gasteiger partial charge in [-0.15, -0.1) is 0 Å². The lowest BCUT2D eigenvalue weighted by Gasteiger charge is -2.40. The summed E-state index contributed by atoms with van der Waals surface area (Å²) in [6.45, 7) is 7.30. The second-order valence-electron chi connectivity index (χ2n) is 9.54. The van der Waals surface area contributed by atoms with Crippen molar-refractivity contribution in [3.05, 3.63) is 41.5 Å². The molecule has 1 atom stereocenters. The van der Waals surface area contributed by atoms with Gasteiger partial charge in [0.15, 0.2) is 0 Å². The molecule has 1 aromatic rings.